The first-order valence-corrected chi connectivity index (χ1v) is 7.37. The predicted molar refractivity (Wildman–Crippen MR) is 80.3 cm³/mol. The summed E-state index contributed by atoms with van der Waals surface area (Å²) in [5, 5.41) is 2.95. The molecule has 0 atom stereocenters. The Morgan fingerprint density at radius 1 is 1.20 bits per heavy atom. The van der Waals surface area contributed by atoms with Crippen LogP contribution in [0, 0.1) is 0 Å². The van der Waals surface area contributed by atoms with Gasteiger partial charge in [0.15, 0.2) is 0 Å². The van der Waals surface area contributed by atoms with E-state index in [0.29, 0.717) is 12.6 Å². The van der Waals surface area contributed by atoms with Gasteiger partial charge in [-0.25, -0.2) is 0 Å². The molecule has 1 fully saturated rings. The van der Waals surface area contributed by atoms with E-state index in [0.717, 1.165) is 12.8 Å². The number of rotatable bonds is 7. The number of nitrogens with one attached hydrogen (secondary N) is 1. The van der Waals surface area contributed by atoms with E-state index in [1.54, 1.807) is 13.1 Å². The van der Waals surface area contributed by atoms with Crippen LogP contribution in [0.4, 0.5) is 0 Å². The zero-order valence-electron chi connectivity index (χ0n) is 12.7. The van der Waals surface area contributed by atoms with Crippen molar-refractivity contribution in [3.05, 3.63) is 12.7 Å². The average Bonchev–Trinajstić information content (AvgIpc) is 2.47. The topological polar surface area (TPSA) is 52.7 Å². The lowest BCUT2D eigenvalue weighted by Gasteiger charge is -2.32. The molecule has 0 radical (unpaired) electrons. The van der Waals surface area contributed by atoms with Gasteiger partial charge in [0.05, 0.1) is 13.1 Å². The molecule has 0 aliphatic heterocycles. The molecule has 114 valence electrons. The van der Waals surface area contributed by atoms with Gasteiger partial charge in [-0.05, 0) is 12.8 Å². The summed E-state index contributed by atoms with van der Waals surface area (Å²) in [6.07, 6.45) is 7.54. The third kappa shape index (κ3) is 5.33. The van der Waals surface area contributed by atoms with Gasteiger partial charge in [-0.3, -0.25) is 9.59 Å². The van der Waals surface area contributed by atoms with Crippen molar-refractivity contribution >= 4 is 11.8 Å². The highest BCUT2D eigenvalue weighted by Gasteiger charge is 2.23. The number of hydrogen-bond donors (Lipinski definition) is 1. The summed E-state index contributed by atoms with van der Waals surface area (Å²) in [5.41, 5.74) is 0. The first-order chi connectivity index (χ1) is 9.56. The molecule has 1 saturated carbocycles. The van der Waals surface area contributed by atoms with Crippen molar-refractivity contribution in [3.63, 3.8) is 0 Å². The molecule has 5 heteroatoms. The Hall–Kier alpha value is -1.36. The Labute approximate surface area is 122 Å². The van der Waals surface area contributed by atoms with Crippen LogP contribution in [0.1, 0.15) is 32.1 Å². The third-order valence-electron chi connectivity index (χ3n) is 3.88. The normalized spacial score (nSPS) is 15.7. The first kappa shape index (κ1) is 16.7. The number of carbonyl (C=O) groups is 2. The Morgan fingerprint density at radius 2 is 1.85 bits per heavy atom. The van der Waals surface area contributed by atoms with Crippen LogP contribution in [-0.2, 0) is 9.59 Å². The molecule has 0 spiro atoms. The number of likely N-dealkylation sites (N-methyl/N-ethyl adjacent to an activating group) is 2. The number of carbonyl (C=O) groups excluding carboxylic acids is 2. The molecule has 0 aromatic heterocycles. The van der Waals surface area contributed by atoms with Crippen LogP contribution in [0.2, 0.25) is 0 Å². The minimum atomic E-state index is -0.0720. The summed E-state index contributed by atoms with van der Waals surface area (Å²) in [6, 6.07) is 0.346. The molecule has 0 aromatic carbocycles. The second-order valence-electron chi connectivity index (χ2n) is 5.47. The average molecular weight is 281 g/mol. The lowest BCUT2D eigenvalue weighted by Crippen LogP contribution is -2.46. The van der Waals surface area contributed by atoms with Crippen LogP contribution in [0.15, 0.2) is 12.7 Å². The van der Waals surface area contributed by atoms with Crippen LogP contribution >= 0.6 is 0 Å². The molecular formula is C15H27N3O2. The molecule has 2 amide bonds. The minimum Gasteiger partial charge on any atom is -0.341 e. The molecule has 1 aliphatic carbocycles. The molecule has 0 saturated heterocycles. The molecule has 0 unspecified atom stereocenters. The maximum Gasteiger partial charge on any atom is 0.242 e. The summed E-state index contributed by atoms with van der Waals surface area (Å²) in [4.78, 5) is 27.3. The van der Waals surface area contributed by atoms with Crippen LogP contribution < -0.4 is 5.32 Å². The van der Waals surface area contributed by atoms with Crippen LogP contribution in [0.5, 0.6) is 0 Å². The molecule has 0 aromatic rings. The summed E-state index contributed by atoms with van der Waals surface area (Å²) in [7, 11) is 3.52. The van der Waals surface area contributed by atoms with Crippen molar-refractivity contribution in [2.75, 3.05) is 33.7 Å². The summed E-state index contributed by atoms with van der Waals surface area (Å²) in [5.74, 6) is -0.0475. The summed E-state index contributed by atoms with van der Waals surface area (Å²) >= 11 is 0. The monoisotopic (exact) mass is 281 g/mol. The molecule has 20 heavy (non-hydrogen) atoms. The molecule has 0 heterocycles. The smallest absolute Gasteiger partial charge is 0.242 e. The van der Waals surface area contributed by atoms with E-state index in [1.807, 2.05) is 11.9 Å². The van der Waals surface area contributed by atoms with Gasteiger partial charge in [0.1, 0.15) is 0 Å². The Balaban J connectivity index is 2.35. The van der Waals surface area contributed by atoms with Crippen LogP contribution in [0.3, 0.4) is 0 Å². The fourth-order valence-corrected chi connectivity index (χ4v) is 2.49. The van der Waals surface area contributed by atoms with Crippen molar-refractivity contribution in [3.8, 4) is 0 Å². The van der Waals surface area contributed by atoms with Gasteiger partial charge in [-0.1, -0.05) is 25.3 Å². The van der Waals surface area contributed by atoms with Crippen molar-refractivity contribution in [1.29, 1.82) is 0 Å². The van der Waals surface area contributed by atoms with Gasteiger partial charge in [-0.2, -0.15) is 0 Å². The number of nitrogens with zero attached hydrogens (tertiary/aromatic N) is 2. The van der Waals surface area contributed by atoms with Gasteiger partial charge in [0.25, 0.3) is 0 Å². The lowest BCUT2D eigenvalue weighted by molar-refractivity contribution is -0.139. The largest absolute Gasteiger partial charge is 0.341 e. The van der Waals surface area contributed by atoms with Gasteiger partial charge in [0, 0.05) is 26.7 Å². The Kier molecular flexibility index (Phi) is 7.30. The zero-order chi connectivity index (χ0) is 15.0. The van der Waals surface area contributed by atoms with E-state index in [1.165, 1.54) is 24.2 Å². The first-order valence-electron chi connectivity index (χ1n) is 7.37. The van der Waals surface area contributed by atoms with E-state index in [2.05, 4.69) is 11.9 Å². The van der Waals surface area contributed by atoms with Gasteiger partial charge in [-0.15, -0.1) is 6.58 Å². The molecular weight excluding hydrogens is 254 g/mol. The minimum absolute atomic E-state index is 0.0245. The predicted octanol–water partition coefficient (Wildman–Crippen LogP) is 1.01. The third-order valence-corrected chi connectivity index (χ3v) is 3.88. The SMILES string of the molecule is C=CCNCC(=O)N(C)CC(=O)N(C)C1CCCCC1. The Bertz CT molecular complexity index is 338. The van der Waals surface area contributed by atoms with Crippen LogP contribution in [0.25, 0.3) is 0 Å². The maximum absolute atomic E-state index is 12.2. The number of amides is 2. The van der Waals surface area contributed by atoms with E-state index in [9.17, 15) is 9.59 Å². The van der Waals surface area contributed by atoms with Crippen LogP contribution in [-0.4, -0.2) is 61.4 Å². The molecule has 0 bridgehead atoms. The second kappa shape index (κ2) is 8.74. The fourth-order valence-electron chi connectivity index (χ4n) is 2.49. The number of hydrogen-bond acceptors (Lipinski definition) is 3. The second-order valence-corrected chi connectivity index (χ2v) is 5.47. The van der Waals surface area contributed by atoms with E-state index in [4.69, 9.17) is 0 Å². The fraction of sp³-hybridized carbons (Fsp3) is 0.733. The van der Waals surface area contributed by atoms with E-state index < -0.39 is 0 Å². The van der Waals surface area contributed by atoms with Crippen molar-refractivity contribution in [2.45, 2.75) is 38.1 Å². The molecule has 1 aliphatic rings. The summed E-state index contributed by atoms with van der Waals surface area (Å²) in [6.45, 7) is 4.56. The zero-order valence-corrected chi connectivity index (χ0v) is 12.7. The van der Waals surface area contributed by atoms with Crippen molar-refractivity contribution in [1.82, 2.24) is 15.1 Å². The quantitative estimate of drug-likeness (QED) is 0.560. The van der Waals surface area contributed by atoms with Crippen molar-refractivity contribution in [2.24, 2.45) is 0 Å². The molecule has 1 rings (SSSR count). The molecule has 1 N–H and O–H groups in total. The standard InChI is InChI=1S/C15H27N3O2/c1-4-10-16-11-14(19)17(2)12-15(20)18(3)13-8-6-5-7-9-13/h4,13,16H,1,5-12H2,2-3H3. The van der Waals surface area contributed by atoms with Gasteiger partial charge in [0.2, 0.25) is 11.8 Å². The van der Waals surface area contributed by atoms with E-state index >= 15 is 0 Å². The van der Waals surface area contributed by atoms with Gasteiger partial charge < -0.3 is 15.1 Å². The van der Waals surface area contributed by atoms with Crippen molar-refractivity contribution < 1.29 is 9.59 Å². The highest BCUT2D eigenvalue weighted by molar-refractivity contribution is 5.85. The Morgan fingerprint density at radius 3 is 2.45 bits per heavy atom. The highest BCUT2D eigenvalue weighted by atomic mass is 16.2. The maximum atomic E-state index is 12.2. The lowest BCUT2D eigenvalue weighted by atomic mass is 9.94. The van der Waals surface area contributed by atoms with Gasteiger partial charge >= 0.3 is 0 Å². The highest BCUT2D eigenvalue weighted by Crippen LogP contribution is 2.21. The molecule has 5 nitrogen and oxygen atoms in total. The van der Waals surface area contributed by atoms with E-state index in [-0.39, 0.29) is 24.9 Å². The summed E-state index contributed by atoms with van der Waals surface area (Å²) < 4.78 is 0.